The Bertz CT molecular complexity index is 854. The smallest absolute Gasteiger partial charge is 0.133 e. The van der Waals surface area contributed by atoms with Crippen molar-refractivity contribution >= 4 is 0 Å². The van der Waals surface area contributed by atoms with Crippen LogP contribution in [0.5, 0.6) is 5.75 Å². The number of nitrogens with zero attached hydrogens (tertiary/aromatic N) is 3. The Morgan fingerprint density at radius 1 is 1.36 bits per heavy atom. The van der Waals surface area contributed by atoms with E-state index in [4.69, 9.17) is 9.26 Å². The van der Waals surface area contributed by atoms with E-state index in [-0.39, 0.29) is 0 Å². The van der Waals surface area contributed by atoms with Crippen molar-refractivity contribution in [1.29, 1.82) is 0 Å². The van der Waals surface area contributed by atoms with Crippen LogP contribution in [0.3, 0.4) is 0 Å². The van der Waals surface area contributed by atoms with Crippen LogP contribution in [-0.4, -0.2) is 33.9 Å². The SMILES string of the molecule is COc1cccc(-c2[nH]ncc2CN2CCC[C@@H]2c2cc(C)on2)c1. The highest BCUT2D eigenvalue weighted by atomic mass is 16.5. The number of methoxy groups -OCH3 is 1. The zero-order valence-corrected chi connectivity index (χ0v) is 14.5. The number of benzene rings is 1. The van der Waals surface area contributed by atoms with Crippen LogP contribution in [-0.2, 0) is 6.54 Å². The molecule has 0 aliphatic carbocycles. The van der Waals surface area contributed by atoms with E-state index in [1.165, 1.54) is 12.0 Å². The molecule has 4 rings (SSSR count). The Morgan fingerprint density at radius 3 is 3.08 bits per heavy atom. The van der Waals surface area contributed by atoms with Crippen LogP contribution in [0.4, 0.5) is 0 Å². The molecular formula is C19H22N4O2. The minimum atomic E-state index is 0.311. The number of hydrogen-bond acceptors (Lipinski definition) is 5. The molecule has 1 N–H and O–H groups in total. The van der Waals surface area contributed by atoms with Crippen molar-refractivity contribution in [3.63, 3.8) is 0 Å². The largest absolute Gasteiger partial charge is 0.497 e. The van der Waals surface area contributed by atoms with E-state index < -0.39 is 0 Å². The van der Waals surface area contributed by atoms with E-state index in [2.05, 4.69) is 26.3 Å². The second-order valence-electron chi connectivity index (χ2n) is 6.49. The number of ether oxygens (including phenoxy) is 1. The van der Waals surface area contributed by atoms with Gasteiger partial charge in [0.1, 0.15) is 17.2 Å². The zero-order valence-electron chi connectivity index (χ0n) is 14.5. The molecule has 1 fully saturated rings. The third-order valence-corrected chi connectivity index (χ3v) is 4.80. The maximum absolute atomic E-state index is 5.34. The molecule has 6 heteroatoms. The Balaban J connectivity index is 1.58. The number of likely N-dealkylation sites (tertiary alicyclic amines) is 1. The van der Waals surface area contributed by atoms with E-state index in [0.29, 0.717) is 6.04 Å². The summed E-state index contributed by atoms with van der Waals surface area (Å²) in [5.74, 6) is 1.71. The summed E-state index contributed by atoms with van der Waals surface area (Å²) in [4.78, 5) is 2.45. The highest BCUT2D eigenvalue weighted by Gasteiger charge is 2.29. The van der Waals surface area contributed by atoms with Crippen molar-refractivity contribution in [2.24, 2.45) is 0 Å². The van der Waals surface area contributed by atoms with Crippen LogP contribution >= 0.6 is 0 Å². The van der Waals surface area contributed by atoms with E-state index in [1.807, 2.05) is 37.4 Å². The van der Waals surface area contributed by atoms with Gasteiger partial charge in [0.25, 0.3) is 0 Å². The number of aryl methyl sites for hydroxylation is 1. The Kier molecular flexibility index (Phi) is 4.28. The first-order valence-electron chi connectivity index (χ1n) is 8.58. The first-order chi connectivity index (χ1) is 12.2. The molecular weight excluding hydrogens is 316 g/mol. The summed E-state index contributed by atoms with van der Waals surface area (Å²) in [5, 5.41) is 11.6. The van der Waals surface area contributed by atoms with Crippen molar-refractivity contribution in [2.75, 3.05) is 13.7 Å². The topological polar surface area (TPSA) is 67.2 Å². The number of rotatable bonds is 5. The molecule has 0 spiro atoms. The van der Waals surface area contributed by atoms with Gasteiger partial charge >= 0.3 is 0 Å². The van der Waals surface area contributed by atoms with Gasteiger partial charge in [-0.05, 0) is 38.4 Å². The van der Waals surface area contributed by atoms with Crippen LogP contribution in [0.2, 0.25) is 0 Å². The first kappa shape index (κ1) is 15.9. The maximum atomic E-state index is 5.34. The van der Waals surface area contributed by atoms with E-state index in [1.54, 1.807) is 7.11 Å². The second-order valence-corrected chi connectivity index (χ2v) is 6.49. The number of aromatic nitrogens is 3. The molecule has 130 valence electrons. The number of aromatic amines is 1. The summed E-state index contributed by atoms with van der Waals surface area (Å²) in [7, 11) is 1.68. The third kappa shape index (κ3) is 3.17. The lowest BCUT2D eigenvalue weighted by molar-refractivity contribution is 0.237. The predicted molar refractivity (Wildman–Crippen MR) is 94.2 cm³/mol. The van der Waals surface area contributed by atoms with Gasteiger partial charge in [-0.2, -0.15) is 5.10 Å². The van der Waals surface area contributed by atoms with Crippen molar-refractivity contribution in [3.8, 4) is 17.0 Å². The lowest BCUT2D eigenvalue weighted by Gasteiger charge is -2.22. The minimum Gasteiger partial charge on any atom is -0.497 e. The summed E-state index contributed by atoms with van der Waals surface area (Å²) in [6.07, 6.45) is 4.19. The van der Waals surface area contributed by atoms with E-state index >= 15 is 0 Å². The summed E-state index contributed by atoms with van der Waals surface area (Å²) < 4.78 is 10.6. The van der Waals surface area contributed by atoms with Crippen LogP contribution in [0.25, 0.3) is 11.3 Å². The first-order valence-corrected chi connectivity index (χ1v) is 8.58. The van der Waals surface area contributed by atoms with Gasteiger partial charge in [-0.3, -0.25) is 10.00 Å². The monoisotopic (exact) mass is 338 g/mol. The van der Waals surface area contributed by atoms with Crippen molar-refractivity contribution in [2.45, 2.75) is 32.4 Å². The summed E-state index contributed by atoms with van der Waals surface area (Å²) in [6.45, 7) is 3.83. The predicted octanol–water partition coefficient (Wildman–Crippen LogP) is 3.72. The van der Waals surface area contributed by atoms with Gasteiger partial charge < -0.3 is 9.26 Å². The fourth-order valence-electron chi connectivity index (χ4n) is 3.57. The van der Waals surface area contributed by atoms with E-state index in [0.717, 1.165) is 48.0 Å². The molecule has 25 heavy (non-hydrogen) atoms. The summed E-state index contributed by atoms with van der Waals surface area (Å²) >= 11 is 0. The molecule has 0 amide bonds. The Labute approximate surface area is 146 Å². The molecule has 2 aromatic heterocycles. The number of H-pyrrole nitrogens is 1. The van der Waals surface area contributed by atoms with E-state index in [9.17, 15) is 0 Å². The van der Waals surface area contributed by atoms with Gasteiger partial charge in [0.15, 0.2) is 0 Å². The molecule has 6 nitrogen and oxygen atoms in total. The van der Waals surface area contributed by atoms with Gasteiger partial charge in [-0.1, -0.05) is 17.3 Å². The molecule has 0 radical (unpaired) electrons. The highest BCUT2D eigenvalue weighted by molar-refractivity contribution is 5.64. The minimum absolute atomic E-state index is 0.311. The molecule has 1 atom stereocenters. The Morgan fingerprint density at radius 2 is 2.28 bits per heavy atom. The van der Waals surface area contributed by atoms with Crippen molar-refractivity contribution < 1.29 is 9.26 Å². The molecule has 3 heterocycles. The third-order valence-electron chi connectivity index (χ3n) is 4.80. The zero-order chi connectivity index (χ0) is 17.2. The van der Waals surface area contributed by atoms with Crippen LogP contribution in [0.15, 0.2) is 41.1 Å². The van der Waals surface area contributed by atoms with Crippen molar-refractivity contribution in [1.82, 2.24) is 20.3 Å². The number of hydrogen-bond donors (Lipinski definition) is 1. The molecule has 1 aliphatic heterocycles. The maximum Gasteiger partial charge on any atom is 0.133 e. The molecule has 0 unspecified atom stereocenters. The lowest BCUT2D eigenvalue weighted by atomic mass is 10.1. The summed E-state index contributed by atoms with van der Waals surface area (Å²) in [6, 6.07) is 10.4. The fraction of sp³-hybridized carbons (Fsp3) is 0.368. The molecule has 1 aliphatic rings. The average molecular weight is 338 g/mol. The second kappa shape index (κ2) is 6.72. The van der Waals surface area contributed by atoms with Gasteiger partial charge in [0.2, 0.25) is 0 Å². The van der Waals surface area contributed by atoms with Crippen LogP contribution in [0, 0.1) is 6.92 Å². The molecule has 1 aromatic carbocycles. The van der Waals surface area contributed by atoms with Gasteiger partial charge in [-0.15, -0.1) is 0 Å². The Hall–Kier alpha value is -2.60. The lowest BCUT2D eigenvalue weighted by Crippen LogP contribution is -2.23. The van der Waals surface area contributed by atoms with Crippen LogP contribution < -0.4 is 4.74 Å². The van der Waals surface area contributed by atoms with Crippen molar-refractivity contribution in [3.05, 3.63) is 53.5 Å². The van der Waals surface area contributed by atoms with Gasteiger partial charge in [0.05, 0.1) is 25.0 Å². The standard InChI is InChI=1S/C19H22N4O2/c1-13-9-17(22-25-13)18-7-4-8-23(18)12-15-11-20-21-19(15)14-5-3-6-16(10-14)24-2/h3,5-6,9-11,18H,4,7-8,12H2,1-2H3,(H,20,21)/t18-/m1/s1. The van der Waals surface area contributed by atoms with Gasteiger partial charge in [0, 0.05) is 23.7 Å². The molecule has 0 saturated carbocycles. The van der Waals surface area contributed by atoms with Gasteiger partial charge in [-0.25, -0.2) is 0 Å². The normalized spacial score (nSPS) is 17.9. The molecule has 0 bridgehead atoms. The fourth-order valence-corrected chi connectivity index (χ4v) is 3.57. The molecule has 3 aromatic rings. The quantitative estimate of drug-likeness (QED) is 0.768. The highest BCUT2D eigenvalue weighted by Crippen LogP contribution is 2.34. The molecule has 1 saturated heterocycles. The number of nitrogens with one attached hydrogen (secondary N) is 1. The summed E-state index contributed by atoms with van der Waals surface area (Å²) in [5.41, 5.74) is 4.34. The average Bonchev–Trinajstić information content (AvgIpc) is 3.36. The van der Waals surface area contributed by atoms with Crippen LogP contribution in [0.1, 0.15) is 35.9 Å².